The Morgan fingerprint density at radius 1 is 1.50 bits per heavy atom. The van der Waals surface area contributed by atoms with E-state index in [2.05, 4.69) is 19.1 Å². The zero-order chi connectivity index (χ0) is 10.6. The van der Waals surface area contributed by atoms with Crippen molar-refractivity contribution in [2.75, 3.05) is 5.75 Å². The standard InChI is InChI=1S/C11H16ClNS/c1-3-14-10-5-4-9(6-8(2)13)11(12)7-10/h4-5,7-8H,3,6,13H2,1-2H3. The zero-order valence-electron chi connectivity index (χ0n) is 8.59. The van der Waals surface area contributed by atoms with E-state index in [0.717, 1.165) is 22.8 Å². The molecule has 2 N–H and O–H groups in total. The first-order valence-corrected chi connectivity index (χ1v) is 6.16. The third-order valence-electron chi connectivity index (χ3n) is 1.88. The van der Waals surface area contributed by atoms with Crippen molar-refractivity contribution in [3.8, 4) is 0 Å². The first-order chi connectivity index (χ1) is 6.63. The lowest BCUT2D eigenvalue weighted by Crippen LogP contribution is -2.17. The van der Waals surface area contributed by atoms with Crippen LogP contribution < -0.4 is 5.73 Å². The minimum atomic E-state index is 0.164. The fourth-order valence-corrected chi connectivity index (χ4v) is 2.32. The molecule has 0 saturated heterocycles. The first kappa shape index (κ1) is 11.9. The quantitative estimate of drug-likeness (QED) is 0.802. The van der Waals surface area contributed by atoms with Gasteiger partial charge in [-0.15, -0.1) is 11.8 Å². The van der Waals surface area contributed by atoms with E-state index in [1.165, 1.54) is 4.90 Å². The fraction of sp³-hybridized carbons (Fsp3) is 0.455. The molecule has 78 valence electrons. The molecule has 0 fully saturated rings. The summed E-state index contributed by atoms with van der Waals surface area (Å²) in [5.74, 6) is 1.07. The predicted molar refractivity (Wildman–Crippen MR) is 65.2 cm³/mol. The third kappa shape index (κ3) is 3.52. The largest absolute Gasteiger partial charge is 0.328 e. The van der Waals surface area contributed by atoms with Crippen molar-refractivity contribution in [2.24, 2.45) is 5.73 Å². The Morgan fingerprint density at radius 3 is 2.71 bits per heavy atom. The third-order valence-corrected chi connectivity index (χ3v) is 3.11. The van der Waals surface area contributed by atoms with Gasteiger partial charge in [-0.25, -0.2) is 0 Å². The van der Waals surface area contributed by atoms with Crippen LogP contribution in [-0.2, 0) is 6.42 Å². The van der Waals surface area contributed by atoms with Crippen LogP contribution in [0.2, 0.25) is 5.02 Å². The number of nitrogens with two attached hydrogens (primary N) is 1. The second kappa shape index (κ2) is 5.64. The lowest BCUT2D eigenvalue weighted by molar-refractivity contribution is 0.738. The van der Waals surface area contributed by atoms with Gasteiger partial charge in [0, 0.05) is 16.0 Å². The smallest absolute Gasteiger partial charge is 0.0449 e. The number of benzene rings is 1. The maximum Gasteiger partial charge on any atom is 0.0449 e. The SMILES string of the molecule is CCSc1ccc(CC(C)N)c(Cl)c1. The number of thioether (sulfide) groups is 1. The maximum atomic E-state index is 6.14. The Morgan fingerprint density at radius 2 is 2.21 bits per heavy atom. The predicted octanol–water partition coefficient (Wildman–Crippen LogP) is 3.34. The minimum absolute atomic E-state index is 0.164. The second-order valence-corrected chi connectivity index (χ2v) is 5.11. The van der Waals surface area contributed by atoms with Crippen LogP contribution in [0.15, 0.2) is 23.1 Å². The van der Waals surface area contributed by atoms with Crippen LogP contribution in [0.5, 0.6) is 0 Å². The molecule has 1 nitrogen and oxygen atoms in total. The lowest BCUT2D eigenvalue weighted by Gasteiger charge is -2.08. The maximum absolute atomic E-state index is 6.14. The van der Waals surface area contributed by atoms with Gasteiger partial charge in [0.2, 0.25) is 0 Å². The van der Waals surface area contributed by atoms with Crippen LogP contribution >= 0.6 is 23.4 Å². The molecule has 1 aromatic rings. The summed E-state index contributed by atoms with van der Waals surface area (Å²) in [5.41, 5.74) is 6.87. The molecule has 0 heterocycles. The van der Waals surface area contributed by atoms with Gasteiger partial charge < -0.3 is 5.73 Å². The molecule has 0 aliphatic rings. The molecule has 0 amide bonds. The molecular weight excluding hydrogens is 214 g/mol. The van der Waals surface area contributed by atoms with Crippen LogP contribution in [0.25, 0.3) is 0 Å². The van der Waals surface area contributed by atoms with E-state index in [0.29, 0.717) is 0 Å². The van der Waals surface area contributed by atoms with Gasteiger partial charge in [-0.05, 0) is 36.8 Å². The van der Waals surface area contributed by atoms with E-state index in [1.807, 2.05) is 13.0 Å². The Bertz CT molecular complexity index is 299. The molecule has 0 radical (unpaired) electrons. The van der Waals surface area contributed by atoms with E-state index in [9.17, 15) is 0 Å². The summed E-state index contributed by atoms with van der Waals surface area (Å²) in [6, 6.07) is 6.37. The van der Waals surface area contributed by atoms with E-state index in [-0.39, 0.29) is 6.04 Å². The van der Waals surface area contributed by atoms with E-state index in [4.69, 9.17) is 17.3 Å². The molecule has 0 aromatic heterocycles. The summed E-state index contributed by atoms with van der Waals surface area (Å²) in [6.45, 7) is 4.12. The highest BCUT2D eigenvalue weighted by Crippen LogP contribution is 2.25. The van der Waals surface area contributed by atoms with E-state index < -0.39 is 0 Å². The van der Waals surface area contributed by atoms with E-state index in [1.54, 1.807) is 11.8 Å². The molecule has 0 aliphatic heterocycles. The molecule has 3 heteroatoms. The Kier molecular flexibility index (Phi) is 4.79. The van der Waals surface area contributed by atoms with Crippen LogP contribution in [0, 0.1) is 0 Å². The summed E-state index contributed by atoms with van der Waals surface area (Å²) in [7, 11) is 0. The molecule has 1 rings (SSSR count). The van der Waals surface area contributed by atoms with Crippen molar-refractivity contribution in [3.63, 3.8) is 0 Å². The molecule has 1 atom stereocenters. The van der Waals surface area contributed by atoms with Gasteiger partial charge in [0.15, 0.2) is 0 Å². The van der Waals surface area contributed by atoms with Crippen molar-refractivity contribution >= 4 is 23.4 Å². The van der Waals surface area contributed by atoms with Crippen molar-refractivity contribution < 1.29 is 0 Å². The number of rotatable bonds is 4. The molecular formula is C11H16ClNS. The zero-order valence-corrected chi connectivity index (χ0v) is 10.2. The number of hydrogen-bond donors (Lipinski definition) is 1. The monoisotopic (exact) mass is 229 g/mol. The van der Waals surface area contributed by atoms with Crippen LogP contribution in [-0.4, -0.2) is 11.8 Å². The summed E-state index contributed by atoms with van der Waals surface area (Å²) in [6.07, 6.45) is 0.843. The molecule has 0 bridgehead atoms. The molecule has 0 spiro atoms. The molecule has 1 unspecified atom stereocenters. The van der Waals surface area contributed by atoms with Crippen LogP contribution in [0.3, 0.4) is 0 Å². The topological polar surface area (TPSA) is 26.0 Å². The summed E-state index contributed by atoms with van der Waals surface area (Å²) < 4.78 is 0. The van der Waals surface area contributed by atoms with Gasteiger partial charge in [-0.3, -0.25) is 0 Å². The number of hydrogen-bond acceptors (Lipinski definition) is 2. The fourth-order valence-electron chi connectivity index (χ4n) is 1.30. The van der Waals surface area contributed by atoms with Crippen LogP contribution in [0.1, 0.15) is 19.4 Å². The van der Waals surface area contributed by atoms with Crippen molar-refractivity contribution in [2.45, 2.75) is 31.2 Å². The molecule has 1 aromatic carbocycles. The average Bonchev–Trinajstić information content (AvgIpc) is 2.10. The second-order valence-electron chi connectivity index (χ2n) is 3.37. The highest BCUT2D eigenvalue weighted by Gasteiger charge is 2.04. The Labute approximate surface area is 95.0 Å². The highest BCUT2D eigenvalue weighted by molar-refractivity contribution is 7.99. The Balaban J connectivity index is 2.79. The molecule has 0 aliphatic carbocycles. The van der Waals surface area contributed by atoms with Gasteiger partial charge >= 0.3 is 0 Å². The number of halogens is 1. The highest BCUT2D eigenvalue weighted by atomic mass is 35.5. The normalized spacial score (nSPS) is 12.9. The average molecular weight is 230 g/mol. The Hall–Kier alpha value is -0.180. The van der Waals surface area contributed by atoms with Gasteiger partial charge in [-0.1, -0.05) is 24.6 Å². The summed E-state index contributed by atoms with van der Waals surface area (Å²) in [4.78, 5) is 1.23. The minimum Gasteiger partial charge on any atom is -0.328 e. The van der Waals surface area contributed by atoms with Crippen molar-refractivity contribution in [1.82, 2.24) is 0 Å². The first-order valence-electron chi connectivity index (χ1n) is 4.80. The molecule has 0 saturated carbocycles. The van der Waals surface area contributed by atoms with Gasteiger partial charge in [-0.2, -0.15) is 0 Å². The van der Waals surface area contributed by atoms with Crippen LogP contribution in [0.4, 0.5) is 0 Å². The van der Waals surface area contributed by atoms with E-state index >= 15 is 0 Å². The van der Waals surface area contributed by atoms with Gasteiger partial charge in [0.05, 0.1) is 0 Å². The summed E-state index contributed by atoms with van der Waals surface area (Å²) >= 11 is 7.94. The van der Waals surface area contributed by atoms with Crippen molar-refractivity contribution in [3.05, 3.63) is 28.8 Å². The summed E-state index contributed by atoms with van der Waals surface area (Å²) in [5, 5.41) is 0.834. The van der Waals surface area contributed by atoms with Gasteiger partial charge in [0.1, 0.15) is 0 Å². The molecule has 14 heavy (non-hydrogen) atoms. The lowest BCUT2D eigenvalue weighted by atomic mass is 10.1. The van der Waals surface area contributed by atoms with Gasteiger partial charge in [0.25, 0.3) is 0 Å². The van der Waals surface area contributed by atoms with Crippen molar-refractivity contribution in [1.29, 1.82) is 0 Å².